The molecule has 1 saturated heterocycles. The fourth-order valence-electron chi connectivity index (χ4n) is 2.80. The minimum absolute atomic E-state index is 0.424. The fraction of sp³-hybridized carbons (Fsp3) is 0.600. The molecule has 1 heterocycles. The molecule has 1 aromatic rings. The van der Waals surface area contributed by atoms with Crippen molar-refractivity contribution in [3.63, 3.8) is 0 Å². The topological polar surface area (TPSA) is 38.5 Å². The molecule has 1 aliphatic rings. The second-order valence-electron chi connectivity index (χ2n) is 5.33. The number of nitrogens with zero attached hydrogens (tertiary/aromatic N) is 1. The third-order valence-corrected chi connectivity index (χ3v) is 3.83. The first-order chi connectivity index (χ1) is 8.70. The largest absolute Gasteiger partial charge is 0.381 e. The molecule has 0 amide bonds. The van der Waals surface area contributed by atoms with E-state index in [2.05, 4.69) is 43.1 Å². The van der Waals surface area contributed by atoms with E-state index in [1.165, 1.54) is 11.1 Å². The van der Waals surface area contributed by atoms with Crippen molar-refractivity contribution in [1.29, 1.82) is 0 Å². The van der Waals surface area contributed by atoms with Gasteiger partial charge in [-0.15, -0.1) is 0 Å². The molecule has 1 aliphatic heterocycles. The van der Waals surface area contributed by atoms with Gasteiger partial charge >= 0.3 is 0 Å². The molecule has 0 radical (unpaired) electrons. The van der Waals surface area contributed by atoms with Gasteiger partial charge < -0.3 is 10.5 Å². The summed E-state index contributed by atoms with van der Waals surface area (Å²) in [5, 5.41) is 0. The Morgan fingerprint density at radius 2 is 2.33 bits per heavy atom. The van der Waals surface area contributed by atoms with Crippen LogP contribution in [0.2, 0.25) is 0 Å². The Morgan fingerprint density at radius 1 is 1.50 bits per heavy atom. The number of hydrogen-bond donors (Lipinski definition) is 1. The van der Waals surface area contributed by atoms with E-state index in [1.807, 2.05) is 0 Å². The number of ether oxygens (including phenoxy) is 1. The molecule has 1 fully saturated rings. The molecule has 3 nitrogen and oxygen atoms in total. The first kappa shape index (κ1) is 13.5. The number of rotatable bonds is 5. The van der Waals surface area contributed by atoms with E-state index < -0.39 is 0 Å². The van der Waals surface area contributed by atoms with Gasteiger partial charge in [-0.3, -0.25) is 4.90 Å². The van der Waals surface area contributed by atoms with Gasteiger partial charge in [-0.25, -0.2) is 0 Å². The van der Waals surface area contributed by atoms with Crippen LogP contribution < -0.4 is 5.73 Å². The molecule has 2 rings (SSSR count). The van der Waals surface area contributed by atoms with Crippen LogP contribution >= 0.6 is 0 Å². The first-order valence-electron chi connectivity index (χ1n) is 6.74. The molecule has 100 valence electrons. The summed E-state index contributed by atoms with van der Waals surface area (Å²) >= 11 is 0. The average Bonchev–Trinajstić information content (AvgIpc) is 2.83. The lowest BCUT2D eigenvalue weighted by atomic mass is 9.97. The highest BCUT2D eigenvalue weighted by atomic mass is 16.5. The molecule has 0 aromatic heterocycles. The van der Waals surface area contributed by atoms with Crippen molar-refractivity contribution in [3.05, 3.63) is 35.4 Å². The van der Waals surface area contributed by atoms with Gasteiger partial charge in [0.2, 0.25) is 0 Å². The van der Waals surface area contributed by atoms with Crippen LogP contribution in [0, 0.1) is 12.8 Å². The standard InChI is InChI=1S/C15H24N2O/c1-12-4-3-5-13(8-12)10-17(2)15(9-16)14-6-7-18-11-14/h3-5,8,14-15H,6-7,9-11,16H2,1-2H3. The maximum atomic E-state index is 5.94. The van der Waals surface area contributed by atoms with Crippen LogP contribution in [0.5, 0.6) is 0 Å². The van der Waals surface area contributed by atoms with Gasteiger partial charge in [0.15, 0.2) is 0 Å². The van der Waals surface area contributed by atoms with Gasteiger partial charge in [0, 0.05) is 31.7 Å². The SMILES string of the molecule is Cc1cccc(CN(C)C(CN)C2CCOC2)c1. The molecule has 2 atom stereocenters. The second kappa shape index (κ2) is 6.32. The van der Waals surface area contributed by atoms with Crippen molar-refractivity contribution < 1.29 is 4.74 Å². The van der Waals surface area contributed by atoms with Crippen LogP contribution in [0.3, 0.4) is 0 Å². The molecule has 2 N–H and O–H groups in total. The van der Waals surface area contributed by atoms with Gasteiger partial charge in [-0.05, 0) is 26.0 Å². The van der Waals surface area contributed by atoms with E-state index in [4.69, 9.17) is 10.5 Å². The number of nitrogens with two attached hydrogens (primary N) is 1. The zero-order valence-corrected chi connectivity index (χ0v) is 11.4. The lowest BCUT2D eigenvalue weighted by molar-refractivity contribution is 0.136. The summed E-state index contributed by atoms with van der Waals surface area (Å²) in [6.07, 6.45) is 1.14. The Bertz CT molecular complexity index is 375. The normalized spacial score (nSPS) is 21.4. The summed E-state index contributed by atoms with van der Waals surface area (Å²) in [5.41, 5.74) is 8.61. The van der Waals surface area contributed by atoms with Crippen LogP contribution in [0.1, 0.15) is 17.5 Å². The third kappa shape index (κ3) is 3.31. The maximum absolute atomic E-state index is 5.94. The van der Waals surface area contributed by atoms with Crippen molar-refractivity contribution in [1.82, 2.24) is 4.90 Å². The van der Waals surface area contributed by atoms with Crippen molar-refractivity contribution >= 4 is 0 Å². The number of hydrogen-bond acceptors (Lipinski definition) is 3. The van der Waals surface area contributed by atoms with Crippen LogP contribution in [0.25, 0.3) is 0 Å². The second-order valence-corrected chi connectivity index (χ2v) is 5.33. The summed E-state index contributed by atoms with van der Waals surface area (Å²) in [7, 11) is 2.16. The van der Waals surface area contributed by atoms with Gasteiger partial charge in [0.05, 0.1) is 6.61 Å². The number of aryl methyl sites for hydroxylation is 1. The minimum Gasteiger partial charge on any atom is -0.381 e. The van der Waals surface area contributed by atoms with Crippen LogP contribution in [0.4, 0.5) is 0 Å². The van der Waals surface area contributed by atoms with Gasteiger partial charge in [0.25, 0.3) is 0 Å². The smallest absolute Gasteiger partial charge is 0.0510 e. The lowest BCUT2D eigenvalue weighted by Gasteiger charge is -2.31. The van der Waals surface area contributed by atoms with Crippen molar-refractivity contribution in [2.75, 3.05) is 26.8 Å². The lowest BCUT2D eigenvalue weighted by Crippen LogP contribution is -2.43. The van der Waals surface area contributed by atoms with Crippen molar-refractivity contribution in [2.45, 2.75) is 25.9 Å². The number of benzene rings is 1. The van der Waals surface area contributed by atoms with Crippen LogP contribution in [-0.2, 0) is 11.3 Å². The fourth-order valence-corrected chi connectivity index (χ4v) is 2.80. The Kier molecular flexibility index (Phi) is 4.75. The van der Waals surface area contributed by atoms with Crippen LogP contribution in [-0.4, -0.2) is 37.7 Å². The Labute approximate surface area is 110 Å². The average molecular weight is 248 g/mol. The predicted octanol–water partition coefficient (Wildman–Crippen LogP) is 1.79. The monoisotopic (exact) mass is 248 g/mol. The van der Waals surface area contributed by atoms with Crippen molar-refractivity contribution in [3.8, 4) is 0 Å². The summed E-state index contributed by atoms with van der Waals surface area (Å²) in [6, 6.07) is 9.11. The molecule has 0 spiro atoms. The number of likely N-dealkylation sites (N-methyl/N-ethyl adjacent to an activating group) is 1. The Morgan fingerprint density at radius 3 is 2.94 bits per heavy atom. The molecule has 0 saturated carbocycles. The van der Waals surface area contributed by atoms with E-state index in [9.17, 15) is 0 Å². The molecule has 0 bridgehead atoms. The highest BCUT2D eigenvalue weighted by molar-refractivity contribution is 5.22. The Balaban J connectivity index is 1.98. The van der Waals surface area contributed by atoms with Gasteiger partial charge in [-0.2, -0.15) is 0 Å². The van der Waals surface area contributed by atoms with Crippen LogP contribution in [0.15, 0.2) is 24.3 Å². The highest BCUT2D eigenvalue weighted by Crippen LogP contribution is 2.21. The molecule has 2 unspecified atom stereocenters. The minimum atomic E-state index is 0.424. The molecular formula is C15H24N2O. The van der Waals surface area contributed by atoms with E-state index >= 15 is 0 Å². The van der Waals surface area contributed by atoms with E-state index in [1.54, 1.807) is 0 Å². The first-order valence-corrected chi connectivity index (χ1v) is 6.74. The van der Waals surface area contributed by atoms with E-state index in [0.717, 1.165) is 26.2 Å². The molecule has 18 heavy (non-hydrogen) atoms. The zero-order chi connectivity index (χ0) is 13.0. The summed E-state index contributed by atoms with van der Waals surface area (Å²) in [4.78, 5) is 2.37. The van der Waals surface area contributed by atoms with E-state index in [-0.39, 0.29) is 0 Å². The third-order valence-electron chi connectivity index (χ3n) is 3.83. The maximum Gasteiger partial charge on any atom is 0.0510 e. The van der Waals surface area contributed by atoms with Gasteiger partial charge in [-0.1, -0.05) is 29.8 Å². The summed E-state index contributed by atoms with van der Waals surface area (Å²) < 4.78 is 5.48. The van der Waals surface area contributed by atoms with Gasteiger partial charge in [0.1, 0.15) is 0 Å². The molecule has 1 aromatic carbocycles. The van der Waals surface area contributed by atoms with Crippen molar-refractivity contribution in [2.24, 2.45) is 11.7 Å². The predicted molar refractivity (Wildman–Crippen MR) is 74.4 cm³/mol. The summed E-state index contributed by atoms with van der Waals surface area (Å²) in [5.74, 6) is 0.588. The molecule has 3 heteroatoms. The molecule has 0 aliphatic carbocycles. The highest BCUT2D eigenvalue weighted by Gasteiger charge is 2.27. The zero-order valence-electron chi connectivity index (χ0n) is 11.4. The summed E-state index contributed by atoms with van der Waals surface area (Å²) in [6.45, 7) is 5.55. The van der Waals surface area contributed by atoms with E-state index in [0.29, 0.717) is 18.5 Å². The quantitative estimate of drug-likeness (QED) is 0.863. The Hall–Kier alpha value is -0.900. The molecular weight excluding hydrogens is 224 g/mol.